The SMILES string of the molecule is NC[C@H]1CCCC[C@H]1C1CC1. The van der Waals surface area contributed by atoms with E-state index in [2.05, 4.69) is 0 Å². The summed E-state index contributed by atoms with van der Waals surface area (Å²) < 4.78 is 0. The van der Waals surface area contributed by atoms with Crippen molar-refractivity contribution in [1.29, 1.82) is 0 Å². The standard InChI is InChI=1S/C10H19N/c11-7-9-3-1-2-4-10(9)8-5-6-8/h8-10H,1-7,11H2/t9-,10+/m1/s1. The molecule has 2 aliphatic rings. The second kappa shape index (κ2) is 3.14. The van der Waals surface area contributed by atoms with Crippen molar-refractivity contribution in [3.63, 3.8) is 0 Å². The van der Waals surface area contributed by atoms with Crippen molar-refractivity contribution >= 4 is 0 Å². The van der Waals surface area contributed by atoms with Gasteiger partial charge in [-0.25, -0.2) is 0 Å². The van der Waals surface area contributed by atoms with Gasteiger partial charge in [0.05, 0.1) is 0 Å². The third-order valence-electron chi connectivity index (χ3n) is 3.50. The van der Waals surface area contributed by atoms with Gasteiger partial charge < -0.3 is 5.73 Å². The molecule has 2 saturated carbocycles. The second-order valence-electron chi connectivity index (χ2n) is 4.28. The highest BCUT2D eigenvalue weighted by molar-refractivity contribution is 4.88. The van der Waals surface area contributed by atoms with Gasteiger partial charge in [0.15, 0.2) is 0 Å². The topological polar surface area (TPSA) is 26.0 Å². The van der Waals surface area contributed by atoms with Gasteiger partial charge in [-0.05, 0) is 50.0 Å². The van der Waals surface area contributed by atoms with Crippen LogP contribution in [-0.2, 0) is 0 Å². The summed E-state index contributed by atoms with van der Waals surface area (Å²) in [6, 6.07) is 0. The quantitative estimate of drug-likeness (QED) is 0.646. The van der Waals surface area contributed by atoms with E-state index in [1.165, 1.54) is 38.5 Å². The molecule has 2 atom stereocenters. The molecule has 0 bridgehead atoms. The van der Waals surface area contributed by atoms with Crippen LogP contribution in [0.25, 0.3) is 0 Å². The van der Waals surface area contributed by atoms with E-state index >= 15 is 0 Å². The first-order chi connectivity index (χ1) is 5.42. The molecule has 0 radical (unpaired) electrons. The van der Waals surface area contributed by atoms with Crippen LogP contribution in [0.4, 0.5) is 0 Å². The van der Waals surface area contributed by atoms with Crippen LogP contribution >= 0.6 is 0 Å². The van der Waals surface area contributed by atoms with E-state index in [0.29, 0.717) is 0 Å². The molecule has 2 rings (SSSR count). The van der Waals surface area contributed by atoms with Crippen molar-refractivity contribution in [3.05, 3.63) is 0 Å². The Labute approximate surface area is 69.4 Å². The normalized spacial score (nSPS) is 39.0. The molecule has 64 valence electrons. The summed E-state index contributed by atoms with van der Waals surface area (Å²) in [5.74, 6) is 2.99. The van der Waals surface area contributed by atoms with E-state index in [0.717, 1.165) is 24.3 Å². The average molecular weight is 153 g/mol. The summed E-state index contributed by atoms with van der Waals surface area (Å²) in [6.45, 7) is 0.946. The second-order valence-corrected chi connectivity index (χ2v) is 4.28. The third-order valence-corrected chi connectivity index (χ3v) is 3.50. The Kier molecular flexibility index (Phi) is 2.17. The van der Waals surface area contributed by atoms with Crippen LogP contribution in [0, 0.1) is 17.8 Å². The predicted molar refractivity (Wildman–Crippen MR) is 47.2 cm³/mol. The fourth-order valence-corrected chi connectivity index (χ4v) is 2.67. The zero-order valence-corrected chi connectivity index (χ0v) is 7.26. The van der Waals surface area contributed by atoms with E-state index in [1.807, 2.05) is 0 Å². The Morgan fingerprint density at radius 2 is 1.73 bits per heavy atom. The maximum atomic E-state index is 5.76. The van der Waals surface area contributed by atoms with Gasteiger partial charge in [0.2, 0.25) is 0 Å². The molecule has 0 aromatic rings. The van der Waals surface area contributed by atoms with E-state index in [1.54, 1.807) is 0 Å². The Morgan fingerprint density at radius 3 is 2.36 bits per heavy atom. The Hall–Kier alpha value is -0.0400. The zero-order valence-electron chi connectivity index (χ0n) is 7.26. The largest absolute Gasteiger partial charge is 0.330 e. The van der Waals surface area contributed by atoms with Gasteiger partial charge in [-0.2, -0.15) is 0 Å². The molecular formula is C10H19N. The third kappa shape index (κ3) is 1.58. The Balaban J connectivity index is 1.91. The molecule has 0 amide bonds. The lowest BCUT2D eigenvalue weighted by atomic mass is 9.76. The number of rotatable bonds is 2. The lowest BCUT2D eigenvalue weighted by Crippen LogP contribution is -2.27. The van der Waals surface area contributed by atoms with Crippen LogP contribution in [0.5, 0.6) is 0 Å². The van der Waals surface area contributed by atoms with Gasteiger partial charge in [0.1, 0.15) is 0 Å². The molecule has 0 aliphatic heterocycles. The van der Waals surface area contributed by atoms with Crippen molar-refractivity contribution in [2.75, 3.05) is 6.54 Å². The van der Waals surface area contributed by atoms with Crippen molar-refractivity contribution in [3.8, 4) is 0 Å². The van der Waals surface area contributed by atoms with E-state index in [4.69, 9.17) is 5.73 Å². The van der Waals surface area contributed by atoms with Gasteiger partial charge in [-0.15, -0.1) is 0 Å². The summed E-state index contributed by atoms with van der Waals surface area (Å²) in [5, 5.41) is 0. The van der Waals surface area contributed by atoms with Crippen molar-refractivity contribution in [1.82, 2.24) is 0 Å². The average Bonchev–Trinajstić information content (AvgIpc) is 2.87. The molecule has 0 saturated heterocycles. The van der Waals surface area contributed by atoms with Crippen molar-refractivity contribution in [2.24, 2.45) is 23.5 Å². The summed E-state index contributed by atoms with van der Waals surface area (Å²) in [5.41, 5.74) is 5.76. The summed E-state index contributed by atoms with van der Waals surface area (Å²) in [6.07, 6.45) is 8.80. The van der Waals surface area contributed by atoms with Crippen molar-refractivity contribution in [2.45, 2.75) is 38.5 Å². The number of hydrogen-bond donors (Lipinski definition) is 1. The highest BCUT2D eigenvalue weighted by atomic mass is 14.6. The van der Waals surface area contributed by atoms with Gasteiger partial charge in [-0.1, -0.05) is 12.8 Å². The molecule has 2 fully saturated rings. The summed E-state index contributed by atoms with van der Waals surface area (Å²) in [4.78, 5) is 0. The molecule has 1 heteroatoms. The maximum Gasteiger partial charge on any atom is -0.00461 e. The van der Waals surface area contributed by atoms with Gasteiger partial charge in [0, 0.05) is 0 Å². The molecular weight excluding hydrogens is 134 g/mol. The van der Waals surface area contributed by atoms with Crippen LogP contribution < -0.4 is 5.73 Å². The molecule has 2 N–H and O–H groups in total. The summed E-state index contributed by atoms with van der Waals surface area (Å²) >= 11 is 0. The van der Waals surface area contributed by atoms with Crippen LogP contribution in [0.3, 0.4) is 0 Å². The first kappa shape index (κ1) is 7.60. The lowest BCUT2D eigenvalue weighted by molar-refractivity contribution is 0.216. The Bertz CT molecular complexity index is 129. The monoisotopic (exact) mass is 153 g/mol. The molecule has 0 aromatic carbocycles. The first-order valence-electron chi connectivity index (χ1n) is 5.12. The smallest absolute Gasteiger partial charge is 0.00461 e. The van der Waals surface area contributed by atoms with E-state index in [-0.39, 0.29) is 0 Å². The zero-order chi connectivity index (χ0) is 7.68. The molecule has 1 nitrogen and oxygen atoms in total. The van der Waals surface area contributed by atoms with Crippen LogP contribution in [0.15, 0.2) is 0 Å². The Morgan fingerprint density at radius 1 is 1.00 bits per heavy atom. The highest BCUT2D eigenvalue weighted by Crippen LogP contribution is 2.46. The molecule has 0 aromatic heterocycles. The number of nitrogens with two attached hydrogens (primary N) is 1. The van der Waals surface area contributed by atoms with Crippen LogP contribution in [0.1, 0.15) is 38.5 Å². The fraction of sp³-hybridized carbons (Fsp3) is 1.00. The first-order valence-corrected chi connectivity index (χ1v) is 5.12. The fourth-order valence-electron chi connectivity index (χ4n) is 2.67. The van der Waals surface area contributed by atoms with Crippen molar-refractivity contribution < 1.29 is 0 Å². The molecule has 0 unspecified atom stereocenters. The highest BCUT2D eigenvalue weighted by Gasteiger charge is 2.36. The van der Waals surface area contributed by atoms with Gasteiger partial charge in [-0.3, -0.25) is 0 Å². The van der Waals surface area contributed by atoms with E-state index < -0.39 is 0 Å². The van der Waals surface area contributed by atoms with E-state index in [9.17, 15) is 0 Å². The lowest BCUT2D eigenvalue weighted by Gasteiger charge is -2.30. The molecule has 0 spiro atoms. The van der Waals surface area contributed by atoms with Crippen LogP contribution in [-0.4, -0.2) is 6.54 Å². The van der Waals surface area contributed by atoms with Gasteiger partial charge in [0.25, 0.3) is 0 Å². The number of hydrogen-bond acceptors (Lipinski definition) is 1. The minimum absolute atomic E-state index is 0.885. The summed E-state index contributed by atoms with van der Waals surface area (Å²) in [7, 11) is 0. The minimum atomic E-state index is 0.885. The van der Waals surface area contributed by atoms with Crippen LogP contribution in [0.2, 0.25) is 0 Å². The maximum absolute atomic E-state index is 5.76. The van der Waals surface area contributed by atoms with Gasteiger partial charge >= 0.3 is 0 Å². The minimum Gasteiger partial charge on any atom is -0.330 e. The molecule has 2 aliphatic carbocycles. The molecule has 0 heterocycles. The predicted octanol–water partition coefficient (Wildman–Crippen LogP) is 2.16. The molecule has 11 heavy (non-hydrogen) atoms.